The number of hydrogen-bond acceptors (Lipinski definition) is 4. The van der Waals surface area contributed by atoms with E-state index < -0.39 is 0 Å². The van der Waals surface area contributed by atoms with Gasteiger partial charge in [0.05, 0.1) is 18.5 Å². The molecule has 0 aliphatic carbocycles. The third-order valence-corrected chi connectivity index (χ3v) is 5.35. The second kappa shape index (κ2) is 7.15. The molecule has 1 aliphatic rings. The molecular formula is C19H21BrN4O. The van der Waals surface area contributed by atoms with Crippen LogP contribution in [-0.4, -0.2) is 53.2 Å². The second-order valence-corrected chi connectivity index (χ2v) is 7.39. The standard InChI is InChI=1S/C19H21BrN4O/c1-23-8-10-24(11-9-23)19(14-4-6-15(20)7-5-14)16-13-21-22-18(16)17-3-2-12-25-17/h2-7,12-13,19H,8-11H2,1H3,(H,21,22). The molecule has 3 heterocycles. The Morgan fingerprint density at radius 2 is 1.88 bits per heavy atom. The van der Waals surface area contributed by atoms with Gasteiger partial charge in [-0.05, 0) is 36.9 Å². The number of nitrogens with zero attached hydrogens (tertiary/aromatic N) is 3. The fourth-order valence-electron chi connectivity index (χ4n) is 3.43. The molecule has 130 valence electrons. The number of rotatable bonds is 4. The van der Waals surface area contributed by atoms with Crippen molar-refractivity contribution in [2.45, 2.75) is 6.04 Å². The van der Waals surface area contributed by atoms with E-state index >= 15 is 0 Å². The van der Waals surface area contributed by atoms with Crippen molar-refractivity contribution in [3.05, 3.63) is 64.5 Å². The lowest BCUT2D eigenvalue weighted by Crippen LogP contribution is -2.46. The Balaban J connectivity index is 1.76. The predicted molar refractivity (Wildman–Crippen MR) is 101 cm³/mol. The van der Waals surface area contributed by atoms with Crippen molar-refractivity contribution in [3.63, 3.8) is 0 Å². The Bertz CT molecular complexity index is 804. The molecule has 0 spiro atoms. The lowest BCUT2D eigenvalue weighted by molar-refractivity contribution is 0.127. The number of H-pyrrole nitrogens is 1. The van der Waals surface area contributed by atoms with E-state index in [4.69, 9.17) is 4.42 Å². The number of piperazine rings is 1. The van der Waals surface area contributed by atoms with E-state index in [9.17, 15) is 0 Å². The van der Waals surface area contributed by atoms with Crippen molar-refractivity contribution < 1.29 is 4.42 Å². The Morgan fingerprint density at radius 3 is 2.56 bits per heavy atom. The molecule has 0 radical (unpaired) electrons. The molecule has 6 heteroatoms. The molecule has 5 nitrogen and oxygen atoms in total. The number of nitrogens with one attached hydrogen (secondary N) is 1. The van der Waals surface area contributed by atoms with Gasteiger partial charge >= 0.3 is 0 Å². The van der Waals surface area contributed by atoms with Crippen molar-refractivity contribution in [3.8, 4) is 11.5 Å². The summed E-state index contributed by atoms with van der Waals surface area (Å²) < 4.78 is 6.71. The van der Waals surface area contributed by atoms with Gasteiger partial charge in [0.15, 0.2) is 5.76 Å². The summed E-state index contributed by atoms with van der Waals surface area (Å²) in [6, 6.07) is 12.6. The van der Waals surface area contributed by atoms with Crippen LogP contribution in [0.1, 0.15) is 17.2 Å². The molecule has 0 saturated carbocycles. The number of aromatic nitrogens is 2. The smallest absolute Gasteiger partial charge is 0.151 e. The lowest BCUT2D eigenvalue weighted by Gasteiger charge is -2.38. The first-order chi connectivity index (χ1) is 12.2. The molecule has 25 heavy (non-hydrogen) atoms. The molecule has 1 N–H and O–H groups in total. The SMILES string of the molecule is CN1CCN(C(c2ccc(Br)cc2)c2cn[nH]c2-c2ccco2)CC1. The number of furan rings is 1. The molecular weight excluding hydrogens is 380 g/mol. The number of aromatic amines is 1. The average molecular weight is 401 g/mol. The van der Waals surface area contributed by atoms with Crippen LogP contribution in [0.4, 0.5) is 0 Å². The van der Waals surface area contributed by atoms with Gasteiger partial charge in [-0.1, -0.05) is 28.1 Å². The molecule has 1 saturated heterocycles. The summed E-state index contributed by atoms with van der Waals surface area (Å²) in [7, 11) is 2.18. The maximum absolute atomic E-state index is 5.62. The molecule has 3 aromatic rings. The van der Waals surface area contributed by atoms with Crippen LogP contribution in [0.5, 0.6) is 0 Å². The number of likely N-dealkylation sites (N-methyl/N-ethyl adjacent to an activating group) is 1. The quantitative estimate of drug-likeness (QED) is 0.723. The van der Waals surface area contributed by atoms with E-state index in [1.54, 1.807) is 6.26 Å². The third-order valence-electron chi connectivity index (χ3n) is 4.82. The van der Waals surface area contributed by atoms with Gasteiger partial charge in [-0.15, -0.1) is 0 Å². The zero-order chi connectivity index (χ0) is 17.2. The lowest BCUT2D eigenvalue weighted by atomic mass is 9.96. The first-order valence-electron chi connectivity index (χ1n) is 8.47. The normalized spacial score (nSPS) is 17.7. The summed E-state index contributed by atoms with van der Waals surface area (Å²) in [5.41, 5.74) is 3.38. The summed E-state index contributed by atoms with van der Waals surface area (Å²) in [5, 5.41) is 7.45. The zero-order valence-electron chi connectivity index (χ0n) is 14.2. The van der Waals surface area contributed by atoms with Gasteiger partial charge in [-0.2, -0.15) is 5.10 Å². The highest BCUT2D eigenvalue weighted by molar-refractivity contribution is 9.10. The van der Waals surface area contributed by atoms with Gasteiger partial charge in [0.2, 0.25) is 0 Å². The van der Waals surface area contributed by atoms with Crippen LogP contribution >= 0.6 is 15.9 Å². The van der Waals surface area contributed by atoms with E-state index in [0.29, 0.717) is 0 Å². The number of benzene rings is 1. The van der Waals surface area contributed by atoms with Gasteiger partial charge in [0.25, 0.3) is 0 Å². The van der Waals surface area contributed by atoms with Crippen LogP contribution in [0.3, 0.4) is 0 Å². The minimum atomic E-state index is 0.153. The van der Waals surface area contributed by atoms with E-state index in [1.807, 2.05) is 18.3 Å². The Kier molecular flexibility index (Phi) is 4.74. The van der Waals surface area contributed by atoms with Crippen LogP contribution in [0.25, 0.3) is 11.5 Å². The number of halogens is 1. The Morgan fingerprint density at radius 1 is 1.12 bits per heavy atom. The van der Waals surface area contributed by atoms with Crippen molar-refractivity contribution in [1.82, 2.24) is 20.0 Å². The summed E-state index contributed by atoms with van der Waals surface area (Å²) in [4.78, 5) is 4.90. The fourth-order valence-corrected chi connectivity index (χ4v) is 3.70. The molecule has 1 aliphatic heterocycles. The average Bonchev–Trinajstić information content (AvgIpc) is 3.30. The molecule has 4 rings (SSSR count). The highest BCUT2D eigenvalue weighted by atomic mass is 79.9. The van der Waals surface area contributed by atoms with Crippen LogP contribution in [0, 0.1) is 0 Å². The van der Waals surface area contributed by atoms with Crippen molar-refractivity contribution in [2.75, 3.05) is 33.2 Å². The number of hydrogen-bond donors (Lipinski definition) is 1. The molecule has 1 fully saturated rings. The van der Waals surface area contributed by atoms with Crippen molar-refractivity contribution in [1.29, 1.82) is 0 Å². The largest absolute Gasteiger partial charge is 0.463 e. The Labute approximate surface area is 155 Å². The summed E-state index contributed by atoms with van der Waals surface area (Å²) in [6.07, 6.45) is 3.63. The highest BCUT2D eigenvalue weighted by Gasteiger charge is 2.29. The van der Waals surface area contributed by atoms with Gasteiger partial charge < -0.3 is 9.32 Å². The summed E-state index contributed by atoms with van der Waals surface area (Å²) in [5.74, 6) is 0.823. The predicted octanol–water partition coefficient (Wildman–Crippen LogP) is 3.77. The van der Waals surface area contributed by atoms with Crippen LogP contribution in [-0.2, 0) is 0 Å². The van der Waals surface area contributed by atoms with E-state index in [0.717, 1.165) is 47.7 Å². The minimum Gasteiger partial charge on any atom is -0.463 e. The van der Waals surface area contributed by atoms with Gasteiger partial charge in [0.1, 0.15) is 5.69 Å². The monoisotopic (exact) mass is 400 g/mol. The maximum atomic E-state index is 5.62. The molecule has 1 unspecified atom stereocenters. The van der Waals surface area contributed by atoms with Gasteiger partial charge in [0, 0.05) is 36.2 Å². The zero-order valence-corrected chi connectivity index (χ0v) is 15.7. The first kappa shape index (κ1) is 16.6. The first-order valence-corrected chi connectivity index (χ1v) is 9.27. The summed E-state index contributed by atoms with van der Waals surface area (Å²) in [6.45, 7) is 4.20. The molecule has 0 bridgehead atoms. The topological polar surface area (TPSA) is 48.3 Å². The van der Waals surface area contributed by atoms with Crippen LogP contribution in [0.2, 0.25) is 0 Å². The molecule has 1 atom stereocenters. The van der Waals surface area contributed by atoms with Crippen LogP contribution < -0.4 is 0 Å². The Hall–Kier alpha value is -1.89. The van der Waals surface area contributed by atoms with Crippen LogP contribution in [0.15, 0.2) is 57.7 Å². The van der Waals surface area contributed by atoms with E-state index in [2.05, 4.69) is 67.2 Å². The molecule has 2 aromatic heterocycles. The molecule has 0 amide bonds. The maximum Gasteiger partial charge on any atom is 0.151 e. The van der Waals surface area contributed by atoms with Crippen molar-refractivity contribution in [2.24, 2.45) is 0 Å². The minimum absolute atomic E-state index is 0.153. The van der Waals surface area contributed by atoms with Gasteiger partial charge in [-0.25, -0.2) is 0 Å². The summed E-state index contributed by atoms with van der Waals surface area (Å²) >= 11 is 3.54. The second-order valence-electron chi connectivity index (χ2n) is 6.47. The third kappa shape index (κ3) is 3.42. The van der Waals surface area contributed by atoms with Crippen molar-refractivity contribution >= 4 is 15.9 Å². The molecule has 1 aromatic carbocycles. The van der Waals surface area contributed by atoms with Gasteiger partial charge in [-0.3, -0.25) is 10.00 Å². The highest BCUT2D eigenvalue weighted by Crippen LogP contribution is 2.35. The van der Waals surface area contributed by atoms with E-state index in [-0.39, 0.29) is 6.04 Å². The van der Waals surface area contributed by atoms with E-state index in [1.165, 1.54) is 5.56 Å². The fraction of sp³-hybridized carbons (Fsp3) is 0.316.